The Bertz CT molecular complexity index is 622. The molecule has 0 radical (unpaired) electrons. The minimum atomic E-state index is -0.219. The van der Waals surface area contributed by atoms with E-state index < -0.39 is 0 Å². The molecule has 0 saturated carbocycles. The number of benzene rings is 1. The lowest BCUT2D eigenvalue weighted by atomic mass is 10.1. The van der Waals surface area contributed by atoms with Crippen molar-refractivity contribution in [2.75, 3.05) is 19.5 Å². The SMILES string of the molecule is CCCC(COC)NC(=O)c1cc2ccccc2c(N)n1. The van der Waals surface area contributed by atoms with Crippen LogP contribution in [0, 0.1) is 0 Å². The van der Waals surface area contributed by atoms with E-state index in [-0.39, 0.29) is 11.9 Å². The standard InChI is InChI=1S/C16H21N3O2/c1-3-6-12(10-21-2)18-16(20)14-9-11-7-4-5-8-13(11)15(17)19-14/h4-5,7-9,12H,3,6,10H2,1-2H3,(H2,17,19)(H,18,20). The zero-order chi connectivity index (χ0) is 15.2. The molecule has 5 nitrogen and oxygen atoms in total. The Labute approximate surface area is 124 Å². The van der Waals surface area contributed by atoms with Gasteiger partial charge in [-0.2, -0.15) is 0 Å². The van der Waals surface area contributed by atoms with Crippen LogP contribution < -0.4 is 11.1 Å². The number of ether oxygens (including phenoxy) is 1. The Balaban J connectivity index is 2.22. The van der Waals surface area contributed by atoms with Crippen molar-refractivity contribution < 1.29 is 9.53 Å². The van der Waals surface area contributed by atoms with Crippen LogP contribution in [0.4, 0.5) is 5.82 Å². The highest BCUT2D eigenvalue weighted by atomic mass is 16.5. The number of anilines is 1. The first-order valence-electron chi connectivity index (χ1n) is 7.10. The summed E-state index contributed by atoms with van der Waals surface area (Å²) in [6.07, 6.45) is 1.84. The molecule has 0 aliphatic rings. The molecule has 1 amide bonds. The monoisotopic (exact) mass is 287 g/mol. The van der Waals surface area contributed by atoms with Gasteiger partial charge in [0.15, 0.2) is 0 Å². The maximum absolute atomic E-state index is 12.3. The van der Waals surface area contributed by atoms with Crippen LogP contribution in [0.25, 0.3) is 10.8 Å². The first-order valence-corrected chi connectivity index (χ1v) is 7.10. The maximum atomic E-state index is 12.3. The summed E-state index contributed by atoms with van der Waals surface area (Å²) < 4.78 is 5.13. The van der Waals surface area contributed by atoms with Crippen molar-refractivity contribution >= 4 is 22.5 Å². The van der Waals surface area contributed by atoms with Gasteiger partial charge in [0, 0.05) is 12.5 Å². The molecule has 0 aliphatic carbocycles. The number of nitrogens with one attached hydrogen (secondary N) is 1. The van der Waals surface area contributed by atoms with Crippen LogP contribution in [0.1, 0.15) is 30.3 Å². The molecule has 112 valence electrons. The maximum Gasteiger partial charge on any atom is 0.270 e. The Hall–Kier alpha value is -2.14. The summed E-state index contributed by atoms with van der Waals surface area (Å²) in [7, 11) is 1.63. The van der Waals surface area contributed by atoms with E-state index in [0.717, 1.165) is 23.6 Å². The zero-order valence-corrected chi connectivity index (χ0v) is 12.4. The zero-order valence-electron chi connectivity index (χ0n) is 12.4. The van der Waals surface area contributed by atoms with Crippen molar-refractivity contribution in [3.63, 3.8) is 0 Å². The average molecular weight is 287 g/mol. The summed E-state index contributed by atoms with van der Waals surface area (Å²) in [4.78, 5) is 16.5. The molecule has 1 atom stereocenters. The predicted molar refractivity (Wildman–Crippen MR) is 84.2 cm³/mol. The number of hydrogen-bond acceptors (Lipinski definition) is 4. The van der Waals surface area contributed by atoms with Crippen LogP contribution in [-0.2, 0) is 4.74 Å². The molecule has 1 unspecified atom stereocenters. The van der Waals surface area contributed by atoms with Crippen LogP contribution in [-0.4, -0.2) is 30.6 Å². The molecule has 2 aromatic rings. The average Bonchev–Trinajstić information content (AvgIpc) is 2.47. The van der Waals surface area contributed by atoms with E-state index in [2.05, 4.69) is 17.2 Å². The van der Waals surface area contributed by atoms with Crippen molar-refractivity contribution in [1.82, 2.24) is 10.3 Å². The van der Waals surface area contributed by atoms with Crippen molar-refractivity contribution in [2.45, 2.75) is 25.8 Å². The highest BCUT2D eigenvalue weighted by Crippen LogP contribution is 2.20. The molecule has 1 heterocycles. The summed E-state index contributed by atoms with van der Waals surface area (Å²) >= 11 is 0. The second kappa shape index (κ2) is 7.04. The van der Waals surface area contributed by atoms with Gasteiger partial charge in [0.25, 0.3) is 5.91 Å². The highest BCUT2D eigenvalue weighted by Gasteiger charge is 2.15. The van der Waals surface area contributed by atoms with E-state index in [0.29, 0.717) is 18.1 Å². The predicted octanol–water partition coefficient (Wildman–Crippen LogP) is 2.36. The molecule has 21 heavy (non-hydrogen) atoms. The van der Waals surface area contributed by atoms with Gasteiger partial charge in [-0.15, -0.1) is 0 Å². The minimum Gasteiger partial charge on any atom is -0.383 e. The molecule has 0 saturated heterocycles. The van der Waals surface area contributed by atoms with Gasteiger partial charge in [0.05, 0.1) is 12.6 Å². The quantitative estimate of drug-likeness (QED) is 0.855. The molecule has 3 N–H and O–H groups in total. The molecular formula is C16H21N3O2. The van der Waals surface area contributed by atoms with Gasteiger partial charge >= 0.3 is 0 Å². The lowest BCUT2D eigenvalue weighted by Gasteiger charge is -2.17. The van der Waals surface area contributed by atoms with Crippen LogP contribution in [0.15, 0.2) is 30.3 Å². The number of methoxy groups -OCH3 is 1. The lowest BCUT2D eigenvalue weighted by molar-refractivity contribution is 0.0887. The molecule has 0 aliphatic heterocycles. The molecule has 0 fully saturated rings. The van der Waals surface area contributed by atoms with E-state index in [1.807, 2.05) is 24.3 Å². The number of pyridine rings is 1. The number of nitrogens with zero attached hydrogens (tertiary/aromatic N) is 1. The Morgan fingerprint density at radius 1 is 1.43 bits per heavy atom. The third kappa shape index (κ3) is 3.70. The smallest absolute Gasteiger partial charge is 0.270 e. The molecule has 5 heteroatoms. The summed E-state index contributed by atoms with van der Waals surface area (Å²) in [5.74, 6) is 0.153. The van der Waals surface area contributed by atoms with Gasteiger partial charge in [0.1, 0.15) is 11.5 Å². The number of aromatic nitrogens is 1. The number of nitrogens with two attached hydrogens (primary N) is 1. The Morgan fingerprint density at radius 2 is 2.19 bits per heavy atom. The first kappa shape index (κ1) is 15.3. The number of carbonyl (C=O) groups is 1. The normalized spacial score (nSPS) is 12.3. The summed E-state index contributed by atoms with van der Waals surface area (Å²) in [6.45, 7) is 2.56. The fourth-order valence-electron chi connectivity index (χ4n) is 2.35. The van der Waals surface area contributed by atoms with Crippen LogP contribution in [0.2, 0.25) is 0 Å². The molecule has 0 spiro atoms. The van der Waals surface area contributed by atoms with Crippen molar-refractivity contribution in [3.05, 3.63) is 36.0 Å². The summed E-state index contributed by atoms with van der Waals surface area (Å²) in [5, 5.41) is 4.71. The number of fused-ring (bicyclic) bond motifs is 1. The third-order valence-electron chi connectivity index (χ3n) is 3.34. The summed E-state index contributed by atoms with van der Waals surface area (Å²) in [6, 6.07) is 9.37. The first-order chi connectivity index (χ1) is 10.2. The third-order valence-corrected chi connectivity index (χ3v) is 3.34. The highest BCUT2D eigenvalue weighted by molar-refractivity contribution is 5.99. The van der Waals surface area contributed by atoms with Crippen LogP contribution in [0.3, 0.4) is 0 Å². The van der Waals surface area contributed by atoms with Crippen LogP contribution >= 0.6 is 0 Å². The fraction of sp³-hybridized carbons (Fsp3) is 0.375. The topological polar surface area (TPSA) is 77.2 Å². The van der Waals surface area contributed by atoms with E-state index in [1.54, 1.807) is 13.2 Å². The second-order valence-electron chi connectivity index (χ2n) is 5.03. The Kier molecular flexibility index (Phi) is 5.11. The van der Waals surface area contributed by atoms with Crippen molar-refractivity contribution in [2.24, 2.45) is 0 Å². The second-order valence-corrected chi connectivity index (χ2v) is 5.03. The van der Waals surface area contributed by atoms with E-state index in [4.69, 9.17) is 10.5 Å². The van der Waals surface area contributed by atoms with E-state index >= 15 is 0 Å². The molecule has 0 bridgehead atoms. The van der Waals surface area contributed by atoms with Gasteiger partial charge in [0.2, 0.25) is 0 Å². The number of amides is 1. The summed E-state index contributed by atoms with van der Waals surface area (Å²) in [5.41, 5.74) is 6.26. The number of nitrogen functional groups attached to an aromatic ring is 1. The molecule has 1 aromatic carbocycles. The minimum absolute atomic E-state index is 0.0120. The van der Waals surface area contributed by atoms with Crippen molar-refractivity contribution in [3.8, 4) is 0 Å². The largest absolute Gasteiger partial charge is 0.383 e. The van der Waals surface area contributed by atoms with E-state index in [9.17, 15) is 4.79 Å². The fourth-order valence-corrected chi connectivity index (χ4v) is 2.35. The lowest BCUT2D eigenvalue weighted by Crippen LogP contribution is -2.38. The van der Waals surface area contributed by atoms with Gasteiger partial charge < -0.3 is 15.8 Å². The van der Waals surface area contributed by atoms with Gasteiger partial charge in [-0.3, -0.25) is 4.79 Å². The van der Waals surface area contributed by atoms with Crippen molar-refractivity contribution in [1.29, 1.82) is 0 Å². The van der Waals surface area contributed by atoms with Crippen LogP contribution in [0.5, 0.6) is 0 Å². The molecule has 1 aromatic heterocycles. The molecular weight excluding hydrogens is 266 g/mol. The van der Waals surface area contributed by atoms with Gasteiger partial charge in [-0.05, 0) is 17.9 Å². The Morgan fingerprint density at radius 3 is 2.90 bits per heavy atom. The number of rotatable bonds is 6. The number of hydrogen-bond donors (Lipinski definition) is 2. The number of carbonyl (C=O) groups excluding carboxylic acids is 1. The van der Waals surface area contributed by atoms with E-state index in [1.165, 1.54) is 0 Å². The van der Waals surface area contributed by atoms with Gasteiger partial charge in [-0.25, -0.2) is 4.98 Å². The van der Waals surface area contributed by atoms with Gasteiger partial charge in [-0.1, -0.05) is 37.6 Å². The molecule has 2 rings (SSSR count).